The average molecular weight is 384 g/mol. The lowest BCUT2D eigenvalue weighted by atomic mass is 10.2. The smallest absolute Gasteiger partial charge is 0.294 e. The van der Waals surface area contributed by atoms with Gasteiger partial charge in [-0.1, -0.05) is 24.3 Å². The summed E-state index contributed by atoms with van der Waals surface area (Å²) in [7, 11) is 1.56. The molecular weight excluding hydrogens is 368 g/mol. The number of thioether (sulfide) groups is 1. The summed E-state index contributed by atoms with van der Waals surface area (Å²) in [6.07, 6.45) is 1.59. The maximum Gasteiger partial charge on any atom is 0.294 e. The van der Waals surface area contributed by atoms with E-state index in [9.17, 15) is 19.5 Å². The zero-order chi connectivity index (χ0) is 19.4. The largest absolute Gasteiger partial charge is 0.506 e. The van der Waals surface area contributed by atoms with Crippen molar-refractivity contribution in [2.45, 2.75) is 0 Å². The number of benzene rings is 2. The van der Waals surface area contributed by atoms with E-state index in [1.807, 2.05) is 0 Å². The number of amides is 3. The third kappa shape index (κ3) is 4.29. The zero-order valence-corrected chi connectivity index (χ0v) is 15.2. The SMILES string of the molecule is COc1ccc(C=C2SC(=O)N(CC(=O)Nc3ccccc3O)C2=O)cc1. The van der Waals surface area contributed by atoms with Crippen LogP contribution in [0.2, 0.25) is 0 Å². The van der Waals surface area contributed by atoms with Crippen LogP contribution in [0, 0.1) is 0 Å². The van der Waals surface area contributed by atoms with Gasteiger partial charge < -0.3 is 15.2 Å². The minimum absolute atomic E-state index is 0.0978. The minimum Gasteiger partial charge on any atom is -0.506 e. The number of imide groups is 1. The maximum absolute atomic E-state index is 12.5. The number of phenols is 1. The molecule has 0 spiro atoms. The van der Waals surface area contributed by atoms with Crippen molar-refractivity contribution in [2.75, 3.05) is 19.0 Å². The Bertz CT molecular complexity index is 924. The van der Waals surface area contributed by atoms with Crippen LogP contribution in [-0.2, 0) is 9.59 Å². The van der Waals surface area contributed by atoms with E-state index in [1.54, 1.807) is 49.6 Å². The van der Waals surface area contributed by atoms with Crippen molar-refractivity contribution < 1.29 is 24.2 Å². The number of carbonyl (C=O) groups excluding carboxylic acids is 3. The predicted octanol–water partition coefficient (Wildman–Crippen LogP) is 3.08. The molecule has 0 bridgehead atoms. The Hall–Kier alpha value is -3.26. The molecule has 1 aliphatic heterocycles. The van der Waals surface area contributed by atoms with Gasteiger partial charge in [0.25, 0.3) is 11.1 Å². The normalized spacial score (nSPS) is 15.3. The molecule has 2 aromatic rings. The third-order valence-corrected chi connectivity index (χ3v) is 4.67. The van der Waals surface area contributed by atoms with Gasteiger partial charge in [-0.05, 0) is 47.7 Å². The number of rotatable bonds is 5. The quantitative estimate of drug-likeness (QED) is 0.608. The van der Waals surface area contributed by atoms with E-state index >= 15 is 0 Å². The monoisotopic (exact) mass is 384 g/mol. The molecule has 27 heavy (non-hydrogen) atoms. The highest BCUT2D eigenvalue weighted by atomic mass is 32.2. The molecule has 2 aromatic carbocycles. The fourth-order valence-electron chi connectivity index (χ4n) is 2.40. The molecule has 1 saturated heterocycles. The van der Waals surface area contributed by atoms with E-state index in [4.69, 9.17) is 4.74 Å². The average Bonchev–Trinajstić information content (AvgIpc) is 2.91. The van der Waals surface area contributed by atoms with E-state index in [2.05, 4.69) is 5.32 Å². The van der Waals surface area contributed by atoms with Gasteiger partial charge in [-0.15, -0.1) is 0 Å². The van der Waals surface area contributed by atoms with Gasteiger partial charge >= 0.3 is 0 Å². The molecule has 2 N–H and O–H groups in total. The van der Waals surface area contributed by atoms with Crippen molar-refractivity contribution in [3.8, 4) is 11.5 Å². The predicted molar refractivity (Wildman–Crippen MR) is 102 cm³/mol. The van der Waals surface area contributed by atoms with E-state index in [0.717, 1.165) is 22.2 Å². The highest BCUT2D eigenvalue weighted by Crippen LogP contribution is 2.32. The van der Waals surface area contributed by atoms with Crippen molar-refractivity contribution in [1.82, 2.24) is 4.90 Å². The van der Waals surface area contributed by atoms with Gasteiger partial charge in [0.2, 0.25) is 5.91 Å². The molecule has 3 amide bonds. The summed E-state index contributed by atoms with van der Waals surface area (Å²) < 4.78 is 5.08. The molecule has 0 saturated carbocycles. The number of anilines is 1. The van der Waals surface area contributed by atoms with Crippen molar-refractivity contribution >= 4 is 40.6 Å². The van der Waals surface area contributed by atoms with Gasteiger partial charge in [-0.2, -0.15) is 0 Å². The molecule has 0 unspecified atom stereocenters. The van der Waals surface area contributed by atoms with E-state index < -0.39 is 23.6 Å². The molecule has 7 nitrogen and oxygen atoms in total. The Labute approximate surface area is 159 Å². The molecule has 0 atom stereocenters. The number of carbonyl (C=O) groups is 3. The highest BCUT2D eigenvalue weighted by molar-refractivity contribution is 8.18. The second-order valence-corrected chi connectivity index (χ2v) is 6.60. The van der Waals surface area contributed by atoms with Gasteiger partial charge in [-0.25, -0.2) is 0 Å². The lowest BCUT2D eigenvalue weighted by molar-refractivity contribution is -0.127. The van der Waals surface area contributed by atoms with Crippen LogP contribution in [0.3, 0.4) is 0 Å². The Balaban J connectivity index is 1.69. The van der Waals surface area contributed by atoms with Crippen molar-refractivity contribution in [3.05, 3.63) is 59.0 Å². The Morgan fingerprint density at radius 2 is 1.89 bits per heavy atom. The number of methoxy groups -OCH3 is 1. The minimum atomic E-state index is -0.579. The Kier molecular flexibility index (Phi) is 5.46. The molecule has 0 aliphatic carbocycles. The van der Waals surface area contributed by atoms with Crippen molar-refractivity contribution in [2.24, 2.45) is 0 Å². The number of nitrogens with zero attached hydrogens (tertiary/aromatic N) is 1. The summed E-state index contributed by atoms with van der Waals surface area (Å²) >= 11 is 0.776. The second kappa shape index (κ2) is 7.96. The van der Waals surface area contributed by atoms with Gasteiger partial charge in [0.1, 0.15) is 18.0 Å². The first-order valence-electron chi connectivity index (χ1n) is 7.95. The van der Waals surface area contributed by atoms with Crippen LogP contribution >= 0.6 is 11.8 Å². The lowest BCUT2D eigenvalue weighted by Crippen LogP contribution is -2.36. The first-order chi connectivity index (χ1) is 13.0. The topological polar surface area (TPSA) is 95.9 Å². The highest BCUT2D eigenvalue weighted by Gasteiger charge is 2.36. The summed E-state index contributed by atoms with van der Waals surface area (Å²) in [6.45, 7) is -0.432. The molecule has 0 aromatic heterocycles. The van der Waals surface area contributed by atoms with Crippen molar-refractivity contribution in [3.63, 3.8) is 0 Å². The summed E-state index contributed by atoms with van der Waals surface area (Å²) in [4.78, 5) is 37.8. The Morgan fingerprint density at radius 3 is 2.56 bits per heavy atom. The van der Waals surface area contributed by atoms with Gasteiger partial charge in [-0.3, -0.25) is 19.3 Å². The summed E-state index contributed by atoms with van der Waals surface area (Å²) in [5, 5.41) is 11.6. The van der Waals surface area contributed by atoms with E-state index in [1.165, 1.54) is 12.1 Å². The van der Waals surface area contributed by atoms with Gasteiger partial charge in [0.15, 0.2) is 0 Å². The molecule has 8 heteroatoms. The second-order valence-electron chi connectivity index (χ2n) is 5.61. The summed E-state index contributed by atoms with van der Waals surface area (Å²) in [5.41, 5.74) is 0.947. The van der Waals surface area contributed by atoms with Crippen LogP contribution in [0.1, 0.15) is 5.56 Å². The van der Waals surface area contributed by atoms with E-state index in [0.29, 0.717) is 5.75 Å². The number of hydrogen-bond donors (Lipinski definition) is 2. The fourth-order valence-corrected chi connectivity index (χ4v) is 3.24. The number of phenolic OH excluding ortho intramolecular Hbond substituents is 1. The maximum atomic E-state index is 12.5. The van der Waals surface area contributed by atoms with Crippen LogP contribution < -0.4 is 10.1 Å². The van der Waals surface area contributed by atoms with Crippen LogP contribution in [0.15, 0.2) is 53.4 Å². The summed E-state index contributed by atoms with van der Waals surface area (Å²) in [5.74, 6) is -0.529. The van der Waals surface area contributed by atoms with Gasteiger partial charge in [0, 0.05) is 0 Å². The first kappa shape index (κ1) is 18.5. The summed E-state index contributed by atoms with van der Waals surface area (Å²) in [6, 6.07) is 13.2. The molecular formula is C19H16N2O5S. The van der Waals surface area contributed by atoms with Crippen LogP contribution in [0.5, 0.6) is 11.5 Å². The fraction of sp³-hybridized carbons (Fsp3) is 0.105. The van der Waals surface area contributed by atoms with E-state index in [-0.39, 0.29) is 16.3 Å². The lowest BCUT2D eigenvalue weighted by Gasteiger charge is -2.13. The molecule has 3 rings (SSSR count). The Morgan fingerprint density at radius 1 is 1.19 bits per heavy atom. The standard InChI is InChI=1S/C19H16N2O5S/c1-26-13-8-6-12(7-9-13)10-16-18(24)21(19(25)27-16)11-17(23)20-14-4-2-3-5-15(14)22/h2-10,22H,11H2,1H3,(H,20,23). The number of para-hydroxylation sites is 2. The van der Waals surface area contributed by atoms with Crippen LogP contribution in [0.25, 0.3) is 6.08 Å². The van der Waals surface area contributed by atoms with Crippen molar-refractivity contribution in [1.29, 1.82) is 0 Å². The molecule has 138 valence electrons. The molecule has 0 radical (unpaired) electrons. The van der Waals surface area contributed by atoms with Crippen LogP contribution in [0.4, 0.5) is 10.5 Å². The zero-order valence-electron chi connectivity index (χ0n) is 14.3. The molecule has 1 aliphatic rings. The number of ether oxygens (including phenoxy) is 1. The number of nitrogens with one attached hydrogen (secondary N) is 1. The molecule has 1 fully saturated rings. The first-order valence-corrected chi connectivity index (χ1v) is 8.77. The van der Waals surface area contributed by atoms with Crippen LogP contribution in [-0.4, -0.2) is 40.7 Å². The number of hydrogen-bond acceptors (Lipinski definition) is 6. The number of aromatic hydroxyl groups is 1. The molecule has 1 heterocycles. The van der Waals surface area contributed by atoms with Gasteiger partial charge in [0.05, 0.1) is 17.7 Å². The third-order valence-electron chi connectivity index (χ3n) is 3.77.